The van der Waals surface area contributed by atoms with E-state index in [9.17, 15) is 0 Å². The maximum atomic E-state index is 6.55. The maximum absolute atomic E-state index is 6.55. The van der Waals surface area contributed by atoms with Crippen molar-refractivity contribution in [2.24, 2.45) is 0 Å². The molecule has 3 nitrogen and oxygen atoms in total. The minimum absolute atomic E-state index is 0.755. The predicted octanol–water partition coefficient (Wildman–Crippen LogP) is 4.85. The van der Waals surface area contributed by atoms with Gasteiger partial charge in [-0.15, -0.1) is 0 Å². The van der Waals surface area contributed by atoms with E-state index in [4.69, 9.17) is 11.6 Å². The van der Waals surface area contributed by atoms with Gasteiger partial charge in [0.25, 0.3) is 0 Å². The lowest BCUT2D eigenvalue weighted by Gasteiger charge is -2.11. The standard InChI is InChI=1S/C19H16ClN3/c1-2-17-18(20)16-10-21-12-22-19(16)23(17)11-14-8-5-7-13-6-3-4-9-15(13)14/h3-10,12H,2,11H2,1H3. The molecule has 114 valence electrons. The summed E-state index contributed by atoms with van der Waals surface area (Å²) in [5, 5.41) is 4.21. The third-order valence-corrected chi connectivity index (χ3v) is 4.73. The molecule has 4 heteroatoms. The molecule has 0 spiro atoms. The van der Waals surface area contributed by atoms with E-state index in [0.717, 1.165) is 34.7 Å². The number of halogens is 1. The van der Waals surface area contributed by atoms with Gasteiger partial charge in [-0.25, -0.2) is 9.97 Å². The first-order valence-corrected chi connectivity index (χ1v) is 8.10. The Hall–Kier alpha value is -2.39. The molecule has 0 saturated carbocycles. The molecule has 0 atom stereocenters. The second kappa shape index (κ2) is 5.67. The van der Waals surface area contributed by atoms with Crippen molar-refractivity contribution < 1.29 is 0 Å². The Bertz CT molecular complexity index is 999. The first-order valence-electron chi connectivity index (χ1n) is 7.72. The van der Waals surface area contributed by atoms with E-state index in [2.05, 4.69) is 63.9 Å². The highest BCUT2D eigenvalue weighted by atomic mass is 35.5. The van der Waals surface area contributed by atoms with Crippen molar-refractivity contribution in [1.82, 2.24) is 14.5 Å². The Morgan fingerprint density at radius 1 is 1.04 bits per heavy atom. The van der Waals surface area contributed by atoms with E-state index in [1.807, 2.05) is 0 Å². The number of nitrogens with zero attached hydrogens (tertiary/aromatic N) is 3. The number of fused-ring (bicyclic) bond motifs is 2. The Labute approximate surface area is 139 Å². The van der Waals surface area contributed by atoms with E-state index in [1.165, 1.54) is 16.3 Å². The van der Waals surface area contributed by atoms with Crippen LogP contribution in [-0.4, -0.2) is 14.5 Å². The fourth-order valence-electron chi connectivity index (χ4n) is 3.21. The Balaban J connectivity index is 1.93. The summed E-state index contributed by atoms with van der Waals surface area (Å²) in [6, 6.07) is 14.9. The lowest BCUT2D eigenvalue weighted by molar-refractivity contribution is 0.771. The number of hydrogen-bond donors (Lipinski definition) is 0. The van der Waals surface area contributed by atoms with Gasteiger partial charge in [0, 0.05) is 18.4 Å². The summed E-state index contributed by atoms with van der Waals surface area (Å²) >= 11 is 6.55. The van der Waals surface area contributed by atoms with Crippen LogP contribution in [0, 0.1) is 0 Å². The van der Waals surface area contributed by atoms with Gasteiger partial charge in [0.15, 0.2) is 0 Å². The lowest BCUT2D eigenvalue weighted by Crippen LogP contribution is -2.05. The minimum atomic E-state index is 0.755. The first-order chi connectivity index (χ1) is 11.3. The number of aromatic nitrogens is 3. The molecule has 0 amide bonds. The van der Waals surface area contributed by atoms with Gasteiger partial charge in [-0.1, -0.05) is 61.0 Å². The maximum Gasteiger partial charge on any atom is 0.145 e. The number of benzene rings is 2. The van der Waals surface area contributed by atoms with Crippen LogP contribution in [0.1, 0.15) is 18.2 Å². The van der Waals surface area contributed by atoms with Crippen LogP contribution < -0.4 is 0 Å². The van der Waals surface area contributed by atoms with Gasteiger partial charge in [0.05, 0.1) is 10.4 Å². The van der Waals surface area contributed by atoms with E-state index in [-0.39, 0.29) is 0 Å². The van der Waals surface area contributed by atoms with Gasteiger partial charge in [-0.3, -0.25) is 0 Å². The van der Waals surface area contributed by atoms with Crippen molar-refractivity contribution in [3.63, 3.8) is 0 Å². The van der Waals surface area contributed by atoms with Gasteiger partial charge < -0.3 is 4.57 Å². The van der Waals surface area contributed by atoms with Crippen LogP contribution in [0.15, 0.2) is 55.0 Å². The van der Waals surface area contributed by atoms with Crippen LogP contribution in [-0.2, 0) is 13.0 Å². The molecule has 23 heavy (non-hydrogen) atoms. The second-order valence-electron chi connectivity index (χ2n) is 5.60. The quantitative estimate of drug-likeness (QED) is 0.540. The molecule has 4 rings (SSSR count). The fourth-order valence-corrected chi connectivity index (χ4v) is 3.58. The lowest BCUT2D eigenvalue weighted by atomic mass is 10.0. The molecule has 0 aliphatic heterocycles. The molecule has 0 radical (unpaired) electrons. The van der Waals surface area contributed by atoms with Gasteiger partial charge >= 0.3 is 0 Å². The summed E-state index contributed by atoms with van der Waals surface area (Å²) in [5.74, 6) is 0. The molecular formula is C19H16ClN3. The topological polar surface area (TPSA) is 30.7 Å². The molecule has 0 bridgehead atoms. The van der Waals surface area contributed by atoms with Crippen LogP contribution >= 0.6 is 11.6 Å². The molecule has 2 aromatic carbocycles. The predicted molar refractivity (Wildman–Crippen MR) is 95.0 cm³/mol. The Morgan fingerprint density at radius 3 is 2.74 bits per heavy atom. The molecule has 0 saturated heterocycles. The smallest absolute Gasteiger partial charge is 0.145 e. The Kier molecular flexibility index (Phi) is 3.50. The van der Waals surface area contributed by atoms with E-state index in [0.29, 0.717) is 0 Å². The molecule has 2 heterocycles. The molecule has 4 aromatic rings. The summed E-state index contributed by atoms with van der Waals surface area (Å²) < 4.78 is 2.21. The summed E-state index contributed by atoms with van der Waals surface area (Å²) in [5.41, 5.74) is 3.27. The molecule has 0 fully saturated rings. The zero-order valence-electron chi connectivity index (χ0n) is 12.8. The average Bonchev–Trinajstić information content (AvgIpc) is 2.87. The van der Waals surface area contributed by atoms with Crippen molar-refractivity contribution in [3.05, 3.63) is 71.3 Å². The number of rotatable bonds is 3. The van der Waals surface area contributed by atoms with Gasteiger partial charge in [0.2, 0.25) is 0 Å². The van der Waals surface area contributed by atoms with Gasteiger partial charge in [0.1, 0.15) is 12.0 Å². The molecule has 2 aromatic heterocycles. The highest BCUT2D eigenvalue weighted by Gasteiger charge is 2.16. The van der Waals surface area contributed by atoms with Crippen molar-refractivity contribution in [2.75, 3.05) is 0 Å². The minimum Gasteiger partial charge on any atom is -0.324 e. The second-order valence-corrected chi connectivity index (χ2v) is 5.98. The fraction of sp³-hybridized carbons (Fsp3) is 0.158. The SMILES string of the molecule is CCc1c(Cl)c2cncnc2n1Cc1cccc2ccccc12. The molecule has 0 N–H and O–H groups in total. The van der Waals surface area contributed by atoms with E-state index >= 15 is 0 Å². The van der Waals surface area contributed by atoms with Crippen LogP contribution in [0.4, 0.5) is 0 Å². The van der Waals surface area contributed by atoms with Crippen molar-refractivity contribution >= 4 is 33.4 Å². The summed E-state index contributed by atoms with van der Waals surface area (Å²) in [6.07, 6.45) is 4.24. The molecule has 0 unspecified atom stereocenters. The zero-order valence-corrected chi connectivity index (χ0v) is 13.6. The largest absolute Gasteiger partial charge is 0.324 e. The Morgan fingerprint density at radius 2 is 1.87 bits per heavy atom. The summed E-state index contributed by atoms with van der Waals surface area (Å²) in [6.45, 7) is 2.87. The number of hydrogen-bond acceptors (Lipinski definition) is 2. The van der Waals surface area contributed by atoms with Crippen LogP contribution in [0.5, 0.6) is 0 Å². The van der Waals surface area contributed by atoms with Crippen molar-refractivity contribution in [1.29, 1.82) is 0 Å². The first kappa shape index (κ1) is 14.2. The average molecular weight is 322 g/mol. The highest BCUT2D eigenvalue weighted by molar-refractivity contribution is 6.36. The highest BCUT2D eigenvalue weighted by Crippen LogP contribution is 2.31. The van der Waals surface area contributed by atoms with Crippen LogP contribution in [0.25, 0.3) is 21.8 Å². The molecule has 0 aliphatic carbocycles. The van der Waals surface area contributed by atoms with Crippen molar-refractivity contribution in [3.8, 4) is 0 Å². The van der Waals surface area contributed by atoms with E-state index < -0.39 is 0 Å². The monoisotopic (exact) mass is 321 g/mol. The molecule has 0 aliphatic rings. The third-order valence-electron chi connectivity index (χ3n) is 4.31. The van der Waals surface area contributed by atoms with Crippen molar-refractivity contribution in [2.45, 2.75) is 19.9 Å². The van der Waals surface area contributed by atoms with Crippen LogP contribution in [0.2, 0.25) is 5.02 Å². The normalized spacial score (nSPS) is 11.4. The third kappa shape index (κ3) is 2.28. The summed E-state index contributed by atoms with van der Waals surface area (Å²) in [7, 11) is 0. The van der Waals surface area contributed by atoms with Gasteiger partial charge in [-0.2, -0.15) is 0 Å². The summed E-state index contributed by atoms with van der Waals surface area (Å²) in [4.78, 5) is 8.56. The van der Waals surface area contributed by atoms with Crippen LogP contribution in [0.3, 0.4) is 0 Å². The zero-order chi connectivity index (χ0) is 15.8. The van der Waals surface area contributed by atoms with Gasteiger partial charge in [-0.05, 0) is 22.8 Å². The van der Waals surface area contributed by atoms with E-state index in [1.54, 1.807) is 12.5 Å². The molecular weight excluding hydrogens is 306 g/mol.